The first-order valence-corrected chi connectivity index (χ1v) is 9.87. The van der Waals surface area contributed by atoms with Gasteiger partial charge in [0.1, 0.15) is 0 Å². The van der Waals surface area contributed by atoms with E-state index in [1.54, 1.807) is 10.6 Å². The number of nitrogens with zero attached hydrogens (tertiary/aromatic N) is 2. The van der Waals surface area contributed by atoms with Crippen LogP contribution in [-0.4, -0.2) is 21.2 Å². The lowest BCUT2D eigenvalue weighted by molar-refractivity contribution is -0.113. The summed E-state index contributed by atoms with van der Waals surface area (Å²) in [5.74, 6) is 0.0663. The number of carbonyl (C=O) groups is 1. The summed E-state index contributed by atoms with van der Waals surface area (Å²) in [6, 6.07) is 13.1. The second-order valence-electron chi connectivity index (χ2n) is 6.76. The first-order valence-electron chi connectivity index (χ1n) is 8.88. The van der Waals surface area contributed by atoms with Crippen molar-refractivity contribution in [1.29, 1.82) is 0 Å². The van der Waals surface area contributed by atoms with Crippen LogP contribution in [0.25, 0.3) is 10.9 Å². The molecule has 0 saturated heterocycles. The molecular formula is C21H23N3O2S. The van der Waals surface area contributed by atoms with Crippen LogP contribution in [0.2, 0.25) is 0 Å². The van der Waals surface area contributed by atoms with Gasteiger partial charge in [0.2, 0.25) is 5.91 Å². The first-order chi connectivity index (χ1) is 12.9. The van der Waals surface area contributed by atoms with Crippen molar-refractivity contribution in [3.8, 4) is 0 Å². The van der Waals surface area contributed by atoms with Crippen LogP contribution in [0.3, 0.4) is 0 Å². The molecule has 1 aromatic heterocycles. The molecule has 0 spiro atoms. The number of aryl methyl sites for hydroxylation is 1. The van der Waals surface area contributed by atoms with E-state index in [2.05, 4.69) is 10.3 Å². The van der Waals surface area contributed by atoms with Gasteiger partial charge in [-0.15, -0.1) is 0 Å². The Labute approximate surface area is 162 Å². The van der Waals surface area contributed by atoms with Crippen LogP contribution < -0.4 is 10.9 Å². The van der Waals surface area contributed by atoms with Crippen molar-refractivity contribution in [2.75, 3.05) is 11.1 Å². The molecule has 0 atom stereocenters. The topological polar surface area (TPSA) is 64.0 Å². The van der Waals surface area contributed by atoms with Gasteiger partial charge in [0, 0.05) is 11.7 Å². The van der Waals surface area contributed by atoms with Gasteiger partial charge in [-0.25, -0.2) is 4.98 Å². The molecule has 1 amide bonds. The summed E-state index contributed by atoms with van der Waals surface area (Å²) in [6.45, 7) is 7.88. The van der Waals surface area contributed by atoms with Gasteiger partial charge >= 0.3 is 0 Å². The molecule has 0 fully saturated rings. The summed E-state index contributed by atoms with van der Waals surface area (Å²) in [5.41, 5.74) is 3.57. The molecule has 0 saturated carbocycles. The van der Waals surface area contributed by atoms with E-state index in [9.17, 15) is 9.59 Å². The molecule has 27 heavy (non-hydrogen) atoms. The van der Waals surface area contributed by atoms with Crippen molar-refractivity contribution < 1.29 is 4.79 Å². The lowest BCUT2D eigenvalue weighted by Gasteiger charge is -2.16. The zero-order valence-corrected chi connectivity index (χ0v) is 16.8. The molecule has 0 bridgehead atoms. The van der Waals surface area contributed by atoms with E-state index in [0.717, 1.165) is 16.8 Å². The minimum Gasteiger partial charge on any atom is -0.325 e. The zero-order chi connectivity index (χ0) is 19.6. The van der Waals surface area contributed by atoms with Gasteiger partial charge in [-0.3, -0.25) is 14.2 Å². The second kappa shape index (κ2) is 7.96. The molecule has 5 nitrogen and oxygen atoms in total. The van der Waals surface area contributed by atoms with Crippen LogP contribution in [0, 0.1) is 13.8 Å². The Kier molecular flexibility index (Phi) is 5.65. The number of nitrogens with one attached hydrogen (secondary N) is 1. The van der Waals surface area contributed by atoms with E-state index in [1.807, 2.05) is 64.1 Å². The smallest absolute Gasteiger partial charge is 0.262 e. The third-order valence-corrected chi connectivity index (χ3v) is 5.46. The number of hydrogen-bond acceptors (Lipinski definition) is 4. The van der Waals surface area contributed by atoms with Gasteiger partial charge < -0.3 is 5.32 Å². The van der Waals surface area contributed by atoms with Gasteiger partial charge in [0.25, 0.3) is 5.56 Å². The van der Waals surface area contributed by atoms with Crippen LogP contribution in [0.4, 0.5) is 5.69 Å². The molecule has 3 aromatic rings. The van der Waals surface area contributed by atoms with Gasteiger partial charge in [-0.2, -0.15) is 0 Å². The molecule has 0 aliphatic rings. The number of thioether (sulfide) groups is 1. The van der Waals surface area contributed by atoms with Crippen LogP contribution >= 0.6 is 11.8 Å². The number of fused-ring (bicyclic) bond motifs is 1. The van der Waals surface area contributed by atoms with Crippen LogP contribution in [0.15, 0.2) is 52.4 Å². The largest absolute Gasteiger partial charge is 0.325 e. The number of benzene rings is 2. The highest BCUT2D eigenvalue weighted by Gasteiger charge is 2.15. The summed E-state index contributed by atoms with van der Waals surface area (Å²) in [7, 11) is 0. The minimum absolute atomic E-state index is 0.0424. The Balaban J connectivity index is 1.84. The number of anilines is 1. The van der Waals surface area contributed by atoms with E-state index < -0.39 is 0 Å². The van der Waals surface area contributed by atoms with Crippen LogP contribution in [0.1, 0.15) is 31.0 Å². The van der Waals surface area contributed by atoms with E-state index in [0.29, 0.717) is 16.1 Å². The number of amides is 1. The average molecular weight is 382 g/mol. The number of carbonyl (C=O) groups excluding carboxylic acids is 1. The average Bonchev–Trinajstić information content (AvgIpc) is 2.63. The first kappa shape index (κ1) is 19.2. The van der Waals surface area contributed by atoms with Crippen LogP contribution in [-0.2, 0) is 4.79 Å². The van der Waals surface area contributed by atoms with Crippen molar-refractivity contribution in [1.82, 2.24) is 9.55 Å². The number of para-hydroxylation sites is 1. The highest BCUT2D eigenvalue weighted by atomic mass is 32.2. The number of hydrogen-bond donors (Lipinski definition) is 1. The van der Waals surface area contributed by atoms with Gasteiger partial charge in [-0.05, 0) is 57.0 Å². The third-order valence-electron chi connectivity index (χ3n) is 4.50. The Hall–Kier alpha value is -2.60. The molecule has 1 N–H and O–H groups in total. The highest BCUT2D eigenvalue weighted by Crippen LogP contribution is 2.22. The normalized spacial score (nSPS) is 11.1. The van der Waals surface area contributed by atoms with Crippen LogP contribution in [0.5, 0.6) is 0 Å². The van der Waals surface area contributed by atoms with Crippen molar-refractivity contribution >= 4 is 34.3 Å². The maximum atomic E-state index is 12.8. The lowest BCUT2D eigenvalue weighted by Crippen LogP contribution is -2.25. The molecule has 0 aliphatic heterocycles. The van der Waals surface area contributed by atoms with E-state index >= 15 is 0 Å². The monoisotopic (exact) mass is 381 g/mol. The second-order valence-corrected chi connectivity index (χ2v) is 7.71. The van der Waals surface area contributed by atoms with Crippen molar-refractivity contribution in [3.05, 3.63) is 63.9 Å². The maximum absolute atomic E-state index is 12.8. The fourth-order valence-electron chi connectivity index (χ4n) is 2.89. The number of rotatable bonds is 5. The molecule has 0 aliphatic carbocycles. The Morgan fingerprint density at radius 3 is 2.63 bits per heavy atom. The Bertz CT molecular complexity index is 1060. The van der Waals surface area contributed by atoms with Crippen molar-refractivity contribution in [2.45, 2.75) is 38.9 Å². The standard InChI is InChI=1S/C21H23N3O2S/c1-13(2)24-20(26)16-9-5-6-10-18(16)23-21(24)27-12-19(25)22-17-11-7-8-14(3)15(17)4/h5-11,13H,12H2,1-4H3,(H,22,25). The SMILES string of the molecule is Cc1cccc(NC(=O)CSc2nc3ccccc3c(=O)n2C(C)C)c1C. The molecule has 1 heterocycles. The molecular weight excluding hydrogens is 358 g/mol. The number of aromatic nitrogens is 2. The van der Waals surface area contributed by atoms with E-state index in [4.69, 9.17) is 0 Å². The predicted octanol–water partition coefficient (Wildman–Crippen LogP) is 4.33. The summed E-state index contributed by atoms with van der Waals surface area (Å²) < 4.78 is 1.65. The lowest BCUT2D eigenvalue weighted by atomic mass is 10.1. The Morgan fingerprint density at radius 1 is 1.15 bits per heavy atom. The van der Waals surface area contributed by atoms with Gasteiger partial charge in [0.15, 0.2) is 5.16 Å². The molecule has 3 rings (SSSR count). The summed E-state index contributed by atoms with van der Waals surface area (Å²) in [6.07, 6.45) is 0. The summed E-state index contributed by atoms with van der Waals surface area (Å²) >= 11 is 1.28. The third kappa shape index (κ3) is 4.06. The van der Waals surface area contributed by atoms with Gasteiger partial charge in [0.05, 0.1) is 16.7 Å². The summed E-state index contributed by atoms with van der Waals surface area (Å²) in [4.78, 5) is 29.9. The fourth-order valence-corrected chi connectivity index (χ4v) is 3.81. The predicted molar refractivity (Wildman–Crippen MR) is 112 cm³/mol. The minimum atomic E-state index is -0.119. The quantitative estimate of drug-likeness (QED) is 0.528. The van der Waals surface area contributed by atoms with E-state index in [1.165, 1.54) is 11.8 Å². The summed E-state index contributed by atoms with van der Waals surface area (Å²) in [5, 5.41) is 4.10. The molecule has 6 heteroatoms. The molecule has 2 aromatic carbocycles. The molecule has 140 valence electrons. The van der Waals surface area contributed by atoms with Crippen molar-refractivity contribution in [3.63, 3.8) is 0 Å². The molecule has 0 unspecified atom stereocenters. The highest BCUT2D eigenvalue weighted by molar-refractivity contribution is 7.99. The van der Waals surface area contributed by atoms with Gasteiger partial charge in [-0.1, -0.05) is 36.0 Å². The zero-order valence-electron chi connectivity index (χ0n) is 15.9. The Morgan fingerprint density at radius 2 is 1.89 bits per heavy atom. The maximum Gasteiger partial charge on any atom is 0.262 e. The van der Waals surface area contributed by atoms with E-state index in [-0.39, 0.29) is 23.3 Å². The molecule has 0 radical (unpaired) electrons. The fraction of sp³-hybridized carbons (Fsp3) is 0.286. The van der Waals surface area contributed by atoms with Crippen molar-refractivity contribution in [2.24, 2.45) is 0 Å².